The zero-order valence-corrected chi connectivity index (χ0v) is 18.9. The minimum absolute atomic E-state index is 0.610. The van der Waals surface area contributed by atoms with Gasteiger partial charge in [-0.15, -0.1) is 0 Å². The molecule has 0 aliphatic carbocycles. The van der Waals surface area contributed by atoms with Gasteiger partial charge in [-0.25, -0.2) is 0 Å². The third kappa shape index (κ3) is 5.02. The van der Waals surface area contributed by atoms with Crippen LogP contribution in [0.5, 0.6) is 0 Å². The molecule has 0 aromatic heterocycles. The summed E-state index contributed by atoms with van der Waals surface area (Å²) < 4.78 is 17.0. The maximum atomic E-state index is 11.7. The summed E-state index contributed by atoms with van der Waals surface area (Å²) in [7, 11) is 0. The molecule has 1 rings (SSSR count). The van der Waals surface area contributed by atoms with Crippen molar-refractivity contribution < 1.29 is 22.4 Å². The molecule has 0 atom stereocenters. The molecule has 0 radical (unpaired) electrons. The topological polar surface area (TPSA) is 78.9 Å². The summed E-state index contributed by atoms with van der Waals surface area (Å²) in [6, 6.07) is 3.89. The second-order valence-electron chi connectivity index (χ2n) is 5.50. The minimum atomic E-state index is -5.17. The van der Waals surface area contributed by atoms with Crippen LogP contribution in [-0.4, -0.2) is 40.4 Å². The second kappa shape index (κ2) is 8.59. The van der Waals surface area contributed by atoms with Crippen LogP contribution >= 0.6 is 0 Å². The van der Waals surface area contributed by atoms with Crippen molar-refractivity contribution in [3.05, 3.63) is 28.8 Å². The molecular weight excluding hydrogens is 507 g/mol. The fourth-order valence-electron chi connectivity index (χ4n) is 2.68. The molecule has 0 N–H and O–H groups in total. The molecule has 1 aromatic carbocycles. The standard InChI is InChI=1S/C11H15.3C2H4O2.Pb/c1-4-10-6-9(3)7-11(5-2)8-10;3*1-2(3)4;/h6-7H,4-5H2,1-3H3;3*1H3,(H,3,4);/q;;;;+3/p-3. The van der Waals surface area contributed by atoms with Crippen molar-refractivity contribution in [2.24, 2.45) is 0 Å². The van der Waals surface area contributed by atoms with Gasteiger partial charge in [0.2, 0.25) is 0 Å². The van der Waals surface area contributed by atoms with Crippen molar-refractivity contribution in [3.63, 3.8) is 0 Å². The Morgan fingerprint density at radius 1 is 0.833 bits per heavy atom. The summed E-state index contributed by atoms with van der Waals surface area (Å²) in [5, 5.41) is 0. The van der Waals surface area contributed by atoms with Gasteiger partial charge in [-0.2, -0.15) is 0 Å². The van der Waals surface area contributed by atoms with Gasteiger partial charge in [-0.3, -0.25) is 0 Å². The fraction of sp³-hybridized carbons (Fsp3) is 0.471. The molecule has 6 nitrogen and oxygen atoms in total. The third-order valence-corrected chi connectivity index (χ3v) is 14.7. The Hall–Kier alpha value is -1.45. The van der Waals surface area contributed by atoms with Crippen LogP contribution in [0.25, 0.3) is 0 Å². The van der Waals surface area contributed by atoms with E-state index in [1.165, 1.54) is 20.8 Å². The molecule has 7 heteroatoms. The predicted octanol–water partition coefficient (Wildman–Crippen LogP) is 1.96. The molecule has 24 heavy (non-hydrogen) atoms. The zero-order chi connectivity index (χ0) is 18.5. The van der Waals surface area contributed by atoms with Crippen LogP contribution in [0.4, 0.5) is 0 Å². The molecule has 0 aliphatic rings. The normalized spacial score (nSPS) is 10.9. The van der Waals surface area contributed by atoms with E-state index in [0.29, 0.717) is 16.0 Å². The number of carbonyl (C=O) groups excluding carboxylic acids is 3. The molecule has 0 heterocycles. The molecule has 0 fully saturated rings. The van der Waals surface area contributed by atoms with Gasteiger partial charge >= 0.3 is 149 Å². The SMILES string of the molecule is CCc1cc(C)cc(CC)[c]1[Pb]([O]C(C)=O)([O]C(C)=O)[O]C(C)=O. The van der Waals surface area contributed by atoms with Crippen molar-refractivity contribution in [2.45, 2.75) is 54.4 Å². The van der Waals surface area contributed by atoms with Crippen LogP contribution in [-0.2, 0) is 35.3 Å². The first-order chi connectivity index (χ1) is 11.1. The first-order valence-electron chi connectivity index (χ1n) is 7.86. The molecule has 0 spiro atoms. The van der Waals surface area contributed by atoms with Gasteiger partial charge in [0.1, 0.15) is 0 Å². The van der Waals surface area contributed by atoms with Crippen LogP contribution in [0.1, 0.15) is 51.3 Å². The Labute approximate surface area is 149 Å². The Morgan fingerprint density at radius 2 is 1.17 bits per heavy atom. The number of rotatable bonds is 6. The van der Waals surface area contributed by atoms with Gasteiger partial charge in [-0.05, 0) is 0 Å². The summed E-state index contributed by atoms with van der Waals surface area (Å²) in [6.07, 6.45) is 1.27. The van der Waals surface area contributed by atoms with E-state index in [-0.39, 0.29) is 0 Å². The van der Waals surface area contributed by atoms with Gasteiger partial charge in [0.15, 0.2) is 0 Å². The summed E-state index contributed by atoms with van der Waals surface area (Å²) in [4.78, 5) is 35.1. The molecule has 0 bridgehead atoms. The summed E-state index contributed by atoms with van der Waals surface area (Å²) in [5.74, 6) is -1.91. The van der Waals surface area contributed by atoms with Gasteiger partial charge in [-0.1, -0.05) is 0 Å². The number of carbonyl (C=O) groups is 3. The molecule has 1 aromatic rings. The number of aryl methyl sites for hydroxylation is 3. The van der Waals surface area contributed by atoms with Gasteiger partial charge in [0.25, 0.3) is 0 Å². The average molecular weight is 532 g/mol. The van der Waals surface area contributed by atoms with Crippen LogP contribution in [0.2, 0.25) is 0 Å². The van der Waals surface area contributed by atoms with Crippen molar-refractivity contribution in [1.29, 1.82) is 0 Å². The Morgan fingerprint density at radius 3 is 1.42 bits per heavy atom. The summed E-state index contributed by atoms with van der Waals surface area (Å²) >= 11 is -5.17. The number of hydrogen-bond donors (Lipinski definition) is 0. The van der Waals surface area contributed by atoms with Crippen LogP contribution in [0.3, 0.4) is 0 Å². The quantitative estimate of drug-likeness (QED) is 0.523. The molecule has 0 saturated carbocycles. The Balaban J connectivity index is 3.77. The van der Waals surface area contributed by atoms with E-state index >= 15 is 0 Å². The van der Waals surface area contributed by atoms with Crippen LogP contribution in [0, 0.1) is 6.92 Å². The average Bonchev–Trinajstić information content (AvgIpc) is 2.43. The van der Waals surface area contributed by atoms with Crippen molar-refractivity contribution >= 4 is 43.6 Å². The van der Waals surface area contributed by atoms with Gasteiger partial charge in [0, 0.05) is 0 Å². The molecule has 0 aliphatic heterocycles. The van der Waals surface area contributed by atoms with E-state index in [9.17, 15) is 14.4 Å². The van der Waals surface area contributed by atoms with Crippen molar-refractivity contribution in [1.82, 2.24) is 0 Å². The monoisotopic (exact) mass is 532 g/mol. The maximum absolute atomic E-state index is 11.7. The van der Waals surface area contributed by atoms with E-state index < -0.39 is 40.4 Å². The number of hydrogen-bond acceptors (Lipinski definition) is 6. The van der Waals surface area contributed by atoms with E-state index in [0.717, 1.165) is 16.7 Å². The van der Waals surface area contributed by atoms with Crippen LogP contribution < -0.4 is 3.12 Å². The van der Waals surface area contributed by atoms with Crippen molar-refractivity contribution in [2.75, 3.05) is 0 Å². The molecular formula is C17H24O6Pb. The van der Waals surface area contributed by atoms with Crippen LogP contribution in [0.15, 0.2) is 12.1 Å². The van der Waals surface area contributed by atoms with E-state index in [4.69, 9.17) is 8.06 Å². The zero-order valence-electron chi connectivity index (χ0n) is 15.0. The van der Waals surface area contributed by atoms with E-state index in [1.54, 1.807) is 0 Å². The van der Waals surface area contributed by atoms with E-state index in [1.807, 2.05) is 32.9 Å². The molecule has 132 valence electrons. The van der Waals surface area contributed by atoms with E-state index in [2.05, 4.69) is 0 Å². The predicted molar refractivity (Wildman–Crippen MR) is 90.6 cm³/mol. The summed E-state index contributed by atoms with van der Waals surface area (Å²) in [5.41, 5.74) is 2.79. The first-order valence-corrected chi connectivity index (χ1v) is 14.6. The first kappa shape index (κ1) is 20.6. The molecule has 0 saturated heterocycles. The van der Waals surface area contributed by atoms with Crippen molar-refractivity contribution in [3.8, 4) is 0 Å². The number of benzene rings is 1. The summed E-state index contributed by atoms with van der Waals surface area (Å²) in [6.45, 7) is 9.51. The Bertz CT molecular complexity index is 587. The molecule has 0 unspecified atom stereocenters. The Kier molecular flexibility index (Phi) is 7.37. The van der Waals surface area contributed by atoms with Gasteiger partial charge < -0.3 is 0 Å². The third-order valence-electron chi connectivity index (χ3n) is 3.35. The fourth-order valence-corrected chi connectivity index (χ4v) is 13.8. The second-order valence-corrected chi connectivity index (χ2v) is 14.2. The molecule has 0 amide bonds. The van der Waals surface area contributed by atoms with Gasteiger partial charge in [0.05, 0.1) is 0 Å².